The molecule has 5 nitrogen and oxygen atoms in total. The van der Waals surface area contributed by atoms with Gasteiger partial charge in [0, 0.05) is 35.0 Å². The van der Waals surface area contributed by atoms with E-state index in [9.17, 15) is 9.70 Å². The van der Waals surface area contributed by atoms with E-state index >= 15 is 0 Å². The highest BCUT2D eigenvalue weighted by molar-refractivity contribution is 5.78. The van der Waals surface area contributed by atoms with Gasteiger partial charge < -0.3 is 9.64 Å². The summed E-state index contributed by atoms with van der Waals surface area (Å²) in [7, 11) is 0. The van der Waals surface area contributed by atoms with Crippen molar-refractivity contribution in [1.29, 1.82) is 0 Å². The maximum absolute atomic E-state index is 11.7. The number of piperidine rings is 1. The lowest BCUT2D eigenvalue weighted by Gasteiger charge is -2.22. The zero-order valence-electron chi connectivity index (χ0n) is 10.4. The highest BCUT2D eigenvalue weighted by Crippen LogP contribution is 2.22. The van der Waals surface area contributed by atoms with Crippen LogP contribution in [0.25, 0.3) is 0 Å². The first-order valence-corrected chi connectivity index (χ1v) is 6.48. The van der Waals surface area contributed by atoms with E-state index in [1.54, 1.807) is 4.90 Å². The van der Waals surface area contributed by atoms with Crippen LogP contribution >= 0.6 is 0 Å². The summed E-state index contributed by atoms with van der Waals surface area (Å²) in [6.07, 6.45) is 4.05. The molecule has 0 bridgehead atoms. The van der Waals surface area contributed by atoms with Crippen LogP contribution in [0.15, 0.2) is 0 Å². The predicted octanol–water partition coefficient (Wildman–Crippen LogP) is 1.16. The Labute approximate surface area is 102 Å². The van der Waals surface area contributed by atoms with Gasteiger partial charge in [0.2, 0.25) is 11.9 Å². The van der Waals surface area contributed by atoms with Crippen LogP contribution in [0.2, 0.25) is 0 Å². The molecule has 2 rings (SSSR count). The van der Waals surface area contributed by atoms with Crippen molar-refractivity contribution in [1.82, 2.24) is 4.90 Å². The predicted molar refractivity (Wildman–Crippen MR) is 62.4 cm³/mol. The van der Waals surface area contributed by atoms with Gasteiger partial charge >= 0.3 is 0 Å². The van der Waals surface area contributed by atoms with Crippen molar-refractivity contribution in [2.75, 3.05) is 26.4 Å². The summed E-state index contributed by atoms with van der Waals surface area (Å²) in [6, 6.07) is 0.141. The first-order chi connectivity index (χ1) is 8.18. The number of carbonyl (C=O) groups is 1. The largest absolute Gasteiger partial charge is 0.351 e. The summed E-state index contributed by atoms with van der Waals surface area (Å²) in [6.45, 7) is 4.12. The Balaban J connectivity index is 1.78. The van der Waals surface area contributed by atoms with Crippen molar-refractivity contribution in [3.05, 3.63) is 4.91 Å². The number of nitroso groups, excluding NO2 is 1. The maximum atomic E-state index is 11.7. The highest BCUT2D eigenvalue weighted by atomic mass is 16.5. The molecular formula is C12H21N2O3+. The smallest absolute Gasteiger partial charge is 0.250 e. The molecule has 0 aromatic heterocycles. The zero-order chi connectivity index (χ0) is 12.3. The van der Waals surface area contributed by atoms with Crippen molar-refractivity contribution in [3.63, 3.8) is 0 Å². The minimum Gasteiger partial charge on any atom is -0.351 e. The molecule has 0 spiro atoms. The topological polar surface area (TPSA) is 49.6 Å². The number of amides is 1. The van der Waals surface area contributed by atoms with Gasteiger partial charge in [0.1, 0.15) is 13.3 Å². The van der Waals surface area contributed by atoms with Gasteiger partial charge in [-0.1, -0.05) is 6.92 Å². The summed E-state index contributed by atoms with van der Waals surface area (Å²) in [5.74, 6) is 0.418. The average Bonchev–Trinajstić information content (AvgIpc) is 2.72. The number of hydrogen-bond donors (Lipinski definition) is 0. The minimum absolute atomic E-state index is 0.0693. The Kier molecular flexibility index (Phi) is 4.10. The van der Waals surface area contributed by atoms with Gasteiger partial charge in [0.25, 0.3) is 0 Å². The summed E-state index contributed by atoms with van der Waals surface area (Å²) in [5.41, 5.74) is 0. The normalized spacial score (nSPS) is 27.6. The van der Waals surface area contributed by atoms with Crippen molar-refractivity contribution >= 4 is 5.91 Å². The number of ether oxygens (including phenoxy) is 1. The van der Waals surface area contributed by atoms with Crippen molar-refractivity contribution in [2.45, 2.75) is 38.6 Å². The molecule has 17 heavy (non-hydrogen) atoms. The van der Waals surface area contributed by atoms with Crippen LogP contribution in [-0.2, 0) is 9.53 Å². The highest BCUT2D eigenvalue weighted by Gasteiger charge is 2.34. The van der Waals surface area contributed by atoms with Gasteiger partial charge in [-0.15, -0.1) is 0 Å². The molecule has 2 aliphatic rings. The Morgan fingerprint density at radius 2 is 2.35 bits per heavy atom. The summed E-state index contributed by atoms with van der Waals surface area (Å²) in [4.78, 5) is 24.8. The van der Waals surface area contributed by atoms with Gasteiger partial charge in [-0.25, -0.2) is 0 Å². The van der Waals surface area contributed by atoms with Crippen LogP contribution in [0.1, 0.15) is 32.6 Å². The van der Waals surface area contributed by atoms with E-state index in [-0.39, 0.29) is 18.6 Å². The van der Waals surface area contributed by atoms with E-state index in [0.29, 0.717) is 25.7 Å². The second-order valence-electron chi connectivity index (χ2n) is 5.10. The van der Waals surface area contributed by atoms with Crippen molar-refractivity contribution < 1.29 is 14.3 Å². The third-order valence-electron chi connectivity index (χ3n) is 3.83. The molecule has 2 unspecified atom stereocenters. The molecule has 5 heteroatoms. The van der Waals surface area contributed by atoms with Crippen LogP contribution in [-0.4, -0.2) is 48.0 Å². The number of hydrogen-bond acceptors (Lipinski definition) is 3. The van der Waals surface area contributed by atoms with E-state index in [0.717, 1.165) is 25.7 Å². The summed E-state index contributed by atoms with van der Waals surface area (Å²) < 4.78 is 6.31. The molecule has 2 fully saturated rings. The van der Waals surface area contributed by atoms with Crippen molar-refractivity contribution in [2.24, 2.45) is 5.92 Å². The molecule has 1 amide bonds. The quantitative estimate of drug-likeness (QED) is 0.694. The monoisotopic (exact) mass is 241 g/mol. The fraction of sp³-hybridized carbons (Fsp3) is 0.917. The average molecular weight is 241 g/mol. The zero-order valence-corrected chi connectivity index (χ0v) is 10.4. The molecule has 0 aliphatic carbocycles. The van der Waals surface area contributed by atoms with Crippen LogP contribution in [0.4, 0.5) is 0 Å². The summed E-state index contributed by atoms with van der Waals surface area (Å²) >= 11 is 0. The molecule has 0 aromatic rings. The Morgan fingerprint density at radius 1 is 1.53 bits per heavy atom. The Morgan fingerprint density at radius 3 is 3.00 bits per heavy atom. The fourth-order valence-corrected chi connectivity index (χ4v) is 2.65. The molecule has 0 N–H and O–H groups in total. The van der Waals surface area contributed by atoms with Crippen LogP contribution in [0.5, 0.6) is 0 Å². The fourth-order valence-electron chi connectivity index (χ4n) is 2.65. The lowest BCUT2D eigenvalue weighted by molar-refractivity contribution is -0.603. The van der Waals surface area contributed by atoms with Gasteiger partial charge in [-0.05, 0) is 12.8 Å². The molecule has 0 aromatic carbocycles. The molecule has 2 heterocycles. The van der Waals surface area contributed by atoms with Gasteiger partial charge in [-0.2, -0.15) is 0 Å². The van der Waals surface area contributed by atoms with Crippen LogP contribution in [0.3, 0.4) is 0 Å². The van der Waals surface area contributed by atoms with E-state index in [2.05, 4.69) is 6.92 Å². The van der Waals surface area contributed by atoms with E-state index in [1.165, 1.54) is 4.76 Å². The molecule has 2 saturated heterocycles. The number of carbonyl (C=O) groups excluding carboxylic acids is 1. The van der Waals surface area contributed by atoms with Crippen LogP contribution < -0.4 is 0 Å². The minimum atomic E-state index is 0.0693. The van der Waals surface area contributed by atoms with E-state index in [4.69, 9.17) is 4.74 Å². The number of nitrogens with zero attached hydrogens (tertiary/aromatic N) is 2. The van der Waals surface area contributed by atoms with Gasteiger partial charge in [-0.3, -0.25) is 4.79 Å². The van der Waals surface area contributed by atoms with Crippen molar-refractivity contribution in [3.8, 4) is 0 Å². The second-order valence-corrected chi connectivity index (χ2v) is 5.10. The third kappa shape index (κ3) is 3.03. The first-order valence-electron chi connectivity index (χ1n) is 6.48. The van der Waals surface area contributed by atoms with Gasteiger partial charge in [0.15, 0.2) is 6.54 Å². The molecule has 0 radical (unpaired) electrons. The lowest BCUT2D eigenvalue weighted by Crippen LogP contribution is -2.37. The molecular weight excluding hydrogens is 220 g/mol. The molecule has 2 aliphatic heterocycles. The second kappa shape index (κ2) is 5.58. The first kappa shape index (κ1) is 12.5. The number of rotatable bonds is 4. The maximum Gasteiger partial charge on any atom is 0.250 e. The molecule has 2 atom stereocenters. The Bertz CT molecular complexity index is 306. The molecule has 0 saturated carbocycles. The SMILES string of the molecule is CC(CCN1COCC1=O)C1CCCC[N+]1=O. The van der Waals surface area contributed by atoms with E-state index < -0.39 is 0 Å². The standard InChI is InChI=1S/C12H21N2O3/c1-10(11-4-2-3-6-14(11)16)5-7-13-9-17-8-12(13)15/h10-11H,2-9H2,1H3/q+1. The Hall–Kier alpha value is -0.970. The molecule has 96 valence electrons. The van der Waals surface area contributed by atoms with Crippen LogP contribution in [0, 0.1) is 10.8 Å². The van der Waals surface area contributed by atoms with E-state index in [1.807, 2.05) is 0 Å². The van der Waals surface area contributed by atoms with Gasteiger partial charge in [0.05, 0.1) is 0 Å². The lowest BCUT2D eigenvalue weighted by atomic mass is 9.91. The summed E-state index contributed by atoms with van der Waals surface area (Å²) in [5, 5.41) is 0. The third-order valence-corrected chi connectivity index (χ3v) is 3.83.